The number of carboxylic acid groups (broad SMARTS) is 1. The van der Waals surface area contributed by atoms with Crippen LogP contribution in [-0.2, 0) is 9.59 Å². The molecule has 98 valence electrons. The summed E-state index contributed by atoms with van der Waals surface area (Å²) in [7, 11) is 0. The lowest BCUT2D eigenvalue weighted by molar-refractivity contribution is -0.138. The van der Waals surface area contributed by atoms with E-state index in [2.05, 4.69) is 22.0 Å². The molecule has 17 heavy (non-hydrogen) atoms. The molecule has 1 rings (SSSR count). The zero-order chi connectivity index (χ0) is 12.7. The van der Waals surface area contributed by atoms with Crippen molar-refractivity contribution in [1.29, 1.82) is 0 Å². The van der Waals surface area contributed by atoms with Crippen LogP contribution in [0.4, 0.5) is 0 Å². The van der Waals surface area contributed by atoms with E-state index in [1.54, 1.807) is 0 Å². The van der Waals surface area contributed by atoms with Gasteiger partial charge in [-0.3, -0.25) is 14.5 Å². The van der Waals surface area contributed by atoms with Crippen LogP contribution in [0.1, 0.15) is 13.3 Å². The number of hydrogen-bond acceptors (Lipinski definition) is 4. The zero-order valence-corrected chi connectivity index (χ0v) is 10.3. The Hall–Kier alpha value is -1.14. The highest BCUT2D eigenvalue weighted by atomic mass is 16.4. The van der Waals surface area contributed by atoms with Crippen LogP contribution in [0.5, 0.6) is 0 Å². The predicted octanol–water partition coefficient (Wildman–Crippen LogP) is -0.785. The van der Waals surface area contributed by atoms with Crippen molar-refractivity contribution < 1.29 is 14.7 Å². The molecule has 6 nitrogen and oxygen atoms in total. The van der Waals surface area contributed by atoms with E-state index in [4.69, 9.17) is 5.11 Å². The molecule has 0 spiro atoms. The van der Waals surface area contributed by atoms with E-state index in [-0.39, 0.29) is 12.5 Å². The van der Waals surface area contributed by atoms with E-state index in [1.165, 1.54) is 0 Å². The Balaban J connectivity index is 2.17. The van der Waals surface area contributed by atoms with Gasteiger partial charge in [-0.2, -0.15) is 0 Å². The van der Waals surface area contributed by atoms with Crippen LogP contribution in [-0.4, -0.2) is 72.6 Å². The number of nitrogens with one attached hydrogen (secondary N) is 1. The second-order valence-corrected chi connectivity index (χ2v) is 4.29. The van der Waals surface area contributed by atoms with Crippen LogP contribution in [0.15, 0.2) is 0 Å². The minimum absolute atomic E-state index is 0.212. The lowest BCUT2D eigenvalue weighted by Gasteiger charge is -2.33. The molecule has 1 fully saturated rings. The summed E-state index contributed by atoms with van der Waals surface area (Å²) in [5.41, 5.74) is 0. The number of piperazine rings is 1. The Morgan fingerprint density at radius 1 is 1.18 bits per heavy atom. The summed E-state index contributed by atoms with van der Waals surface area (Å²) in [5, 5.41) is 10.8. The quantitative estimate of drug-likeness (QED) is 0.640. The lowest BCUT2D eigenvalue weighted by Crippen LogP contribution is -2.49. The Bertz CT molecular complexity index is 263. The number of amides is 1. The summed E-state index contributed by atoms with van der Waals surface area (Å²) in [6.07, 6.45) is 1.15. The minimum atomic E-state index is -1.01. The SMILES string of the molecule is CCCN1CCN(CC(=O)NCC(=O)O)CC1. The number of nitrogens with zero attached hydrogens (tertiary/aromatic N) is 2. The number of hydrogen-bond donors (Lipinski definition) is 2. The molecule has 0 radical (unpaired) electrons. The first-order valence-corrected chi connectivity index (χ1v) is 6.05. The summed E-state index contributed by atoms with van der Waals surface area (Å²) < 4.78 is 0. The van der Waals surface area contributed by atoms with E-state index < -0.39 is 5.97 Å². The van der Waals surface area contributed by atoms with Crippen LogP contribution in [0, 0.1) is 0 Å². The smallest absolute Gasteiger partial charge is 0.322 e. The number of aliphatic carboxylic acids is 1. The van der Waals surface area contributed by atoms with Gasteiger partial charge in [0.1, 0.15) is 6.54 Å². The van der Waals surface area contributed by atoms with Crippen LogP contribution >= 0.6 is 0 Å². The number of carbonyl (C=O) groups is 2. The standard InChI is InChI=1S/C11H21N3O3/c1-2-3-13-4-6-14(7-5-13)9-10(15)12-8-11(16)17/h2-9H2,1H3,(H,12,15)(H,16,17). The van der Waals surface area contributed by atoms with E-state index >= 15 is 0 Å². The molecule has 0 aromatic rings. The fourth-order valence-corrected chi connectivity index (χ4v) is 1.92. The maximum Gasteiger partial charge on any atom is 0.322 e. The third-order valence-electron chi connectivity index (χ3n) is 2.81. The van der Waals surface area contributed by atoms with Crippen LogP contribution in [0.3, 0.4) is 0 Å². The van der Waals surface area contributed by atoms with Gasteiger partial charge in [-0.1, -0.05) is 6.92 Å². The summed E-state index contributed by atoms with van der Waals surface area (Å²) in [6.45, 7) is 6.99. The average Bonchev–Trinajstić information content (AvgIpc) is 2.29. The first kappa shape index (κ1) is 13.9. The molecule has 0 saturated carbocycles. The fraction of sp³-hybridized carbons (Fsp3) is 0.818. The Labute approximate surface area is 102 Å². The molecule has 0 unspecified atom stereocenters. The monoisotopic (exact) mass is 243 g/mol. The second kappa shape index (κ2) is 7.24. The molecule has 2 N–H and O–H groups in total. The molecule has 0 aromatic heterocycles. The summed E-state index contributed by atoms with van der Waals surface area (Å²) >= 11 is 0. The van der Waals surface area contributed by atoms with Crippen LogP contribution in [0.25, 0.3) is 0 Å². The Morgan fingerprint density at radius 2 is 1.76 bits per heavy atom. The highest BCUT2D eigenvalue weighted by Gasteiger charge is 2.18. The summed E-state index contributed by atoms with van der Waals surface area (Å²) in [6, 6.07) is 0. The van der Waals surface area contributed by atoms with E-state index in [9.17, 15) is 9.59 Å². The van der Waals surface area contributed by atoms with Crippen molar-refractivity contribution in [1.82, 2.24) is 15.1 Å². The Kier molecular flexibility index (Phi) is 5.93. The molecule has 6 heteroatoms. The lowest BCUT2D eigenvalue weighted by atomic mass is 10.3. The van der Waals surface area contributed by atoms with Crippen molar-refractivity contribution in [3.8, 4) is 0 Å². The highest BCUT2D eigenvalue weighted by molar-refractivity contribution is 5.82. The number of rotatable bonds is 6. The molecular formula is C11H21N3O3. The maximum absolute atomic E-state index is 11.4. The average molecular weight is 243 g/mol. The first-order chi connectivity index (χ1) is 8.11. The van der Waals surface area contributed by atoms with Gasteiger partial charge in [-0.25, -0.2) is 0 Å². The molecule has 1 aliphatic rings. The fourth-order valence-electron chi connectivity index (χ4n) is 1.92. The molecule has 1 saturated heterocycles. The van der Waals surface area contributed by atoms with Crippen molar-refractivity contribution in [3.63, 3.8) is 0 Å². The van der Waals surface area contributed by atoms with E-state index in [0.29, 0.717) is 6.54 Å². The van der Waals surface area contributed by atoms with Gasteiger partial charge in [0.2, 0.25) is 5.91 Å². The summed E-state index contributed by atoms with van der Waals surface area (Å²) in [4.78, 5) is 26.1. The first-order valence-electron chi connectivity index (χ1n) is 6.05. The minimum Gasteiger partial charge on any atom is -0.480 e. The van der Waals surface area contributed by atoms with Crippen molar-refractivity contribution in [2.24, 2.45) is 0 Å². The third kappa shape index (κ3) is 5.65. The number of carbonyl (C=O) groups excluding carboxylic acids is 1. The van der Waals surface area contributed by atoms with Gasteiger partial charge >= 0.3 is 5.97 Å². The van der Waals surface area contributed by atoms with Gasteiger partial charge in [0.05, 0.1) is 6.54 Å². The Morgan fingerprint density at radius 3 is 2.29 bits per heavy atom. The van der Waals surface area contributed by atoms with Gasteiger partial charge in [-0.15, -0.1) is 0 Å². The van der Waals surface area contributed by atoms with E-state index in [1.807, 2.05) is 0 Å². The van der Waals surface area contributed by atoms with Crippen molar-refractivity contribution >= 4 is 11.9 Å². The van der Waals surface area contributed by atoms with Crippen LogP contribution in [0.2, 0.25) is 0 Å². The molecule has 1 heterocycles. The van der Waals surface area contributed by atoms with Crippen LogP contribution < -0.4 is 5.32 Å². The van der Waals surface area contributed by atoms with Crippen molar-refractivity contribution in [2.75, 3.05) is 45.8 Å². The molecule has 0 aromatic carbocycles. The maximum atomic E-state index is 11.4. The van der Waals surface area contributed by atoms with Gasteiger partial charge in [0.25, 0.3) is 0 Å². The van der Waals surface area contributed by atoms with E-state index in [0.717, 1.165) is 39.1 Å². The molecular weight excluding hydrogens is 222 g/mol. The largest absolute Gasteiger partial charge is 0.480 e. The summed E-state index contributed by atoms with van der Waals surface area (Å²) in [5.74, 6) is -1.22. The normalized spacial score (nSPS) is 17.9. The molecule has 1 aliphatic heterocycles. The molecule has 0 aliphatic carbocycles. The number of carboxylic acids is 1. The van der Waals surface area contributed by atoms with Crippen molar-refractivity contribution in [2.45, 2.75) is 13.3 Å². The second-order valence-electron chi connectivity index (χ2n) is 4.29. The topological polar surface area (TPSA) is 72.9 Å². The van der Waals surface area contributed by atoms with Gasteiger partial charge in [-0.05, 0) is 13.0 Å². The van der Waals surface area contributed by atoms with Gasteiger partial charge in [0, 0.05) is 26.2 Å². The van der Waals surface area contributed by atoms with Crippen molar-refractivity contribution in [3.05, 3.63) is 0 Å². The van der Waals surface area contributed by atoms with Gasteiger partial charge < -0.3 is 15.3 Å². The van der Waals surface area contributed by atoms with Gasteiger partial charge in [0.15, 0.2) is 0 Å². The molecule has 0 atom stereocenters. The highest BCUT2D eigenvalue weighted by Crippen LogP contribution is 2.01. The molecule has 0 bridgehead atoms. The third-order valence-corrected chi connectivity index (χ3v) is 2.81. The molecule has 1 amide bonds. The zero-order valence-electron chi connectivity index (χ0n) is 10.3. The predicted molar refractivity (Wildman–Crippen MR) is 63.8 cm³/mol.